The summed E-state index contributed by atoms with van der Waals surface area (Å²) in [6.45, 7) is 15.0. The van der Waals surface area contributed by atoms with Crippen LogP contribution in [0.2, 0.25) is 0 Å². The summed E-state index contributed by atoms with van der Waals surface area (Å²) in [7, 11) is -4.05. The molecule has 0 unspecified atom stereocenters. The van der Waals surface area contributed by atoms with Gasteiger partial charge in [-0.25, -0.2) is 18.5 Å². The molecule has 2 aromatic carbocycles. The van der Waals surface area contributed by atoms with Gasteiger partial charge in [0.05, 0.1) is 71.6 Å². The number of amides is 3. The second-order valence-electron chi connectivity index (χ2n) is 17.1. The van der Waals surface area contributed by atoms with Crippen LogP contribution in [0.1, 0.15) is 44.9 Å². The van der Waals surface area contributed by atoms with Crippen LogP contribution in [-0.2, 0) is 45.2 Å². The van der Waals surface area contributed by atoms with Gasteiger partial charge in [0.25, 0.3) is 5.69 Å². The fourth-order valence-electron chi connectivity index (χ4n) is 7.49. The van der Waals surface area contributed by atoms with Crippen LogP contribution >= 0.6 is 11.3 Å². The number of hydrogen-bond donors (Lipinski definition) is 5. The van der Waals surface area contributed by atoms with Crippen LogP contribution in [0.5, 0.6) is 0 Å². The van der Waals surface area contributed by atoms with Gasteiger partial charge in [0, 0.05) is 77.8 Å². The largest absolute Gasteiger partial charge is 0.391 e. The maximum absolute atomic E-state index is 13.9. The van der Waals surface area contributed by atoms with Gasteiger partial charge in [-0.2, -0.15) is 0 Å². The minimum Gasteiger partial charge on any atom is -0.391 e. The number of ether oxygens (including phenoxy) is 3. The number of aliphatic hydroxyl groups is 1. The van der Waals surface area contributed by atoms with E-state index in [0.717, 1.165) is 60.5 Å². The van der Waals surface area contributed by atoms with Gasteiger partial charge in [0.2, 0.25) is 27.7 Å². The summed E-state index contributed by atoms with van der Waals surface area (Å²) in [5.74, 6) is -1.17. The number of nitro groups is 1. The summed E-state index contributed by atoms with van der Waals surface area (Å²) in [5, 5.41) is 35.9. The molecular formula is C43H63N9O11S2. The summed E-state index contributed by atoms with van der Waals surface area (Å²) in [5.41, 5.74) is 3.90. The number of anilines is 1. The van der Waals surface area contributed by atoms with Crippen molar-refractivity contribution in [3.05, 3.63) is 69.3 Å². The van der Waals surface area contributed by atoms with E-state index in [-0.39, 0.29) is 67.2 Å². The number of nitrogens with one attached hydrogen (secondary N) is 3. The van der Waals surface area contributed by atoms with Gasteiger partial charge in [0.15, 0.2) is 0 Å². The second-order valence-corrected chi connectivity index (χ2v) is 19.5. The highest BCUT2D eigenvalue weighted by molar-refractivity contribution is 7.89. The maximum atomic E-state index is 13.9. The van der Waals surface area contributed by atoms with Crippen molar-refractivity contribution < 1.29 is 47.0 Å². The first-order valence-electron chi connectivity index (χ1n) is 21.7. The lowest BCUT2D eigenvalue weighted by molar-refractivity contribution is -0.384. The van der Waals surface area contributed by atoms with Gasteiger partial charge in [-0.05, 0) is 35.6 Å². The Morgan fingerprint density at radius 1 is 0.969 bits per heavy atom. The van der Waals surface area contributed by atoms with Crippen molar-refractivity contribution in [1.29, 1.82) is 0 Å². The van der Waals surface area contributed by atoms with E-state index < -0.39 is 44.5 Å². The SMILES string of the molecule is Cc1ncsc1-c1ccc(CNC(=O)[C@@H]2C[C@@H](O)CN2C(=O)[C@@H](NC(=O)CCOCCOCCOCCN2CCN(CCNc3ccc(S(N)(=O)=O)cc3[N+](=O)[O-])CC2)C(C)(C)C)cc1. The van der Waals surface area contributed by atoms with Crippen LogP contribution in [0, 0.1) is 22.5 Å². The number of aromatic nitrogens is 1. The number of thiazole rings is 1. The zero-order chi connectivity index (χ0) is 47.1. The Kier molecular flexibility index (Phi) is 19.1. The number of sulfonamides is 1. The number of primary sulfonamides is 1. The van der Waals surface area contributed by atoms with E-state index >= 15 is 0 Å². The third-order valence-corrected chi connectivity index (χ3v) is 13.1. The van der Waals surface area contributed by atoms with Crippen LogP contribution in [0.3, 0.4) is 0 Å². The van der Waals surface area contributed by atoms with Crippen LogP contribution in [-0.4, -0.2) is 166 Å². The zero-order valence-corrected chi connectivity index (χ0v) is 39.2. The third-order valence-electron chi connectivity index (χ3n) is 11.2. The summed E-state index contributed by atoms with van der Waals surface area (Å²) in [6.07, 6.45) is -0.750. The molecule has 0 bridgehead atoms. The van der Waals surface area contributed by atoms with E-state index in [2.05, 4.69) is 30.7 Å². The zero-order valence-electron chi connectivity index (χ0n) is 37.5. The van der Waals surface area contributed by atoms with Crippen LogP contribution in [0.15, 0.2) is 52.9 Å². The molecule has 5 rings (SSSR count). The maximum Gasteiger partial charge on any atom is 0.293 e. The molecule has 2 aliphatic rings. The van der Waals surface area contributed by atoms with E-state index in [1.807, 2.05) is 52.0 Å². The number of carbonyl (C=O) groups excluding carboxylic acids is 3. The number of nitrogens with two attached hydrogens (primary N) is 1. The number of likely N-dealkylation sites (tertiary alicyclic amines) is 1. The van der Waals surface area contributed by atoms with Crippen molar-refractivity contribution in [2.75, 3.05) is 97.3 Å². The Morgan fingerprint density at radius 2 is 1.60 bits per heavy atom. The molecule has 3 heterocycles. The molecule has 3 aromatic rings. The highest BCUT2D eigenvalue weighted by Gasteiger charge is 2.44. The lowest BCUT2D eigenvalue weighted by Gasteiger charge is -2.35. The number of aryl methyl sites for hydroxylation is 1. The number of nitro benzene ring substituents is 1. The Morgan fingerprint density at radius 3 is 2.20 bits per heavy atom. The van der Waals surface area contributed by atoms with E-state index in [4.69, 9.17) is 19.3 Å². The normalized spacial score (nSPS) is 17.8. The Bertz CT molecular complexity index is 2160. The minimum absolute atomic E-state index is 0.0120. The monoisotopic (exact) mass is 945 g/mol. The Hall–Kier alpha value is -4.65. The van der Waals surface area contributed by atoms with E-state index in [9.17, 15) is 38.0 Å². The molecule has 0 radical (unpaired) electrons. The average Bonchev–Trinajstić information content (AvgIpc) is 3.88. The quantitative estimate of drug-likeness (QED) is 0.0489. The lowest BCUT2D eigenvalue weighted by Crippen LogP contribution is -2.57. The minimum atomic E-state index is -4.05. The number of carbonyl (C=O) groups is 3. The Balaban J connectivity index is 0.903. The number of benzene rings is 2. The molecule has 0 aliphatic carbocycles. The molecule has 65 heavy (non-hydrogen) atoms. The molecule has 0 spiro atoms. The van der Waals surface area contributed by atoms with Gasteiger partial charge in [-0.3, -0.25) is 34.3 Å². The van der Waals surface area contributed by atoms with Crippen molar-refractivity contribution in [2.45, 2.75) is 70.2 Å². The average molecular weight is 946 g/mol. The molecule has 2 aliphatic heterocycles. The molecule has 2 saturated heterocycles. The van der Waals surface area contributed by atoms with Crippen LogP contribution in [0.25, 0.3) is 10.4 Å². The van der Waals surface area contributed by atoms with Crippen molar-refractivity contribution in [3.63, 3.8) is 0 Å². The van der Waals surface area contributed by atoms with Gasteiger partial charge in [-0.15, -0.1) is 11.3 Å². The fourth-order valence-corrected chi connectivity index (χ4v) is 8.83. The number of aliphatic hydroxyl groups excluding tert-OH is 1. The molecule has 3 amide bonds. The van der Waals surface area contributed by atoms with Crippen LogP contribution < -0.4 is 21.1 Å². The molecular weight excluding hydrogens is 883 g/mol. The highest BCUT2D eigenvalue weighted by Crippen LogP contribution is 2.29. The lowest BCUT2D eigenvalue weighted by atomic mass is 9.85. The number of β-amino-alcohol motifs (C(OH)–C–C–N with tert-alkyl or cyclic N) is 1. The van der Waals surface area contributed by atoms with Crippen molar-refractivity contribution in [2.24, 2.45) is 10.6 Å². The first-order chi connectivity index (χ1) is 30.9. The number of piperazine rings is 1. The molecule has 20 nitrogen and oxygen atoms in total. The number of nitrogens with zero attached hydrogens (tertiary/aromatic N) is 5. The molecule has 3 atom stereocenters. The summed E-state index contributed by atoms with van der Waals surface area (Å²) in [4.78, 5) is 62.1. The first kappa shape index (κ1) is 51.3. The van der Waals surface area contributed by atoms with Gasteiger partial charge in [0.1, 0.15) is 17.8 Å². The van der Waals surface area contributed by atoms with Gasteiger partial charge in [-0.1, -0.05) is 45.0 Å². The summed E-state index contributed by atoms with van der Waals surface area (Å²) >= 11 is 1.57. The topological polar surface area (TPSA) is 261 Å². The van der Waals surface area contributed by atoms with Crippen molar-refractivity contribution in [1.82, 2.24) is 30.3 Å². The smallest absolute Gasteiger partial charge is 0.293 e. The molecule has 0 saturated carbocycles. The third kappa shape index (κ3) is 15.7. The van der Waals surface area contributed by atoms with E-state index in [0.29, 0.717) is 39.5 Å². The van der Waals surface area contributed by atoms with E-state index in [1.54, 1.807) is 16.8 Å². The number of rotatable bonds is 24. The van der Waals surface area contributed by atoms with Crippen LogP contribution in [0.4, 0.5) is 11.4 Å². The van der Waals surface area contributed by atoms with E-state index in [1.165, 1.54) is 17.0 Å². The second kappa shape index (κ2) is 24.2. The van der Waals surface area contributed by atoms with Gasteiger partial charge < -0.3 is 40.2 Å². The highest BCUT2D eigenvalue weighted by atomic mass is 32.2. The van der Waals surface area contributed by atoms with Crippen molar-refractivity contribution >= 4 is 50.5 Å². The Labute approximate surface area is 384 Å². The molecule has 358 valence electrons. The molecule has 2 fully saturated rings. The summed E-state index contributed by atoms with van der Waals surface area (Å²) in [6, 6.07) is 9.59. The molecule has 22 heteroatoms. The van der Waals surface area contributed by atoms with Gasteiger partial charge >= 0.3 is 0 Å². The van der Waals surface area contributed by atoms with Crippen molar-refractivity contribution in [3.8, 4) is 10.4 Å². The number of hydrogen-bond acceptors (Lipinski definition) is 16. The summed E-state index contributed by atoms with van der Waals surface area (Å²) < 4.78 is 40.1. The predicted molar refractivity (Wildman–Crippen MR) is 245 cm³/mol. The molecule has 6 N–H and O–H groups in total. The predicted octanol–water partition coefficient (Wildman–Crippen LogP) is 1.95. The molecule has 1 aromatic heterocycles. The standard InChI is InChI=1S/C43H63N9O11S2/c1-30-39(64-29-47-30)32-7-5-31(6-8-32)27-46-41(55)37-25-33(53)28-51(37)42(56)40(43(2,3)4)48-38(54)11-19-61-21-23-63-24-22-62-20-18-50-16-14-49(15-17-50)13-12-45-35-10-9-34(65(44,59)60)26-36(35)52(57)58/h5-10,26,29,33,37,40,45,53H,11-25,27-28H2,1-4H3,(H,46,55)(H,48,54)(H2,44,59,60)/t33-,37+,40-/m1/s1. The first-order valence-corrected chi connectivity index (χ1v) is 24.1. The fraction of sp³-hybridized carbons (Fsp3) is 0.581.